The Balaban J connectivity index is -0.00000000600. The van der Waals surface area contributed by atoms with E-state index < -0.39 is 18.7 Å². The van der Waals surface area contributed by atoms with Crippen molar-refractivity contribution >= 4 is 48.9 Å². The molecule has 14 heteroatoms. The number of hydrogen-bond acceptors (Lipinski definition) is 3. The lowest BCUT2D eigenvalue weighted by molar-refractivity contribution is 0.278. The predicted molar refractivity (Wildman–Crippen MR) is 57.4 cm³/mol. The van der Waals surface area contributed by atoms with Crippen LogP contribution in [0.25, 0.3) is 0 Å². The zero-order valence-electron chi connectivity index (χ0n) is 6.63. The molecule has 0 amide bonds. The second-order valence-electron chi connectivity index (χ2n) is 0.594. The summed E-state index contributed by atoms with van der Waals surface area (Å²) >= 11 is -1.72. The fraction of sp³-hybridized carbons (Fsp3) is 0. The summed E-state index contributed by atoms with van der Waals surface area (Å²) in [5.74, 6) is 0. The van der Waals surface area contributed by atoms with Crippen molar-refractivity contribution in [3.63, 3.8) is 0 Å². The summed E-state index contributed by atoms with van der Waals surface area (Å²) in [5.41, 5.74) is 0. The summed E-state index contributed by atoms with van der Waals surface area (Å²) in [6.45, 7) is 0. The van der Waals surface area contributed by atoms with E-state index in [1.165, 1.54) is 0 Å². The first kappa shape index (κ1) is 59.5. The molecule has 0 spiro atoms. The molecule has 0 aromatic heterocycles. The van der Waals surface area contributed by atoms with Crippen LogP contribution in [0.2, 0.25) is 0 Å². The normalized spacial score (nSPS) is 3.86. The van der Waals surface area contributed by atoms with E-state index in [4.69, 9.17) is 45.2 Å². The average Bonchev–Trinajstić information content (AvgIpc) is 1.25. The summed E-state index contributed by atoms with van der Waals surface area (Å²) in [7, 11) is 12.7. The fourth-order valence-electron chi connectivity index (χ4n) is 0. The van der Waals surface area contributed by atoms with Crippen LogP contribution in [-0.4, -0.2) is 66.6 Å². The average molecular weight is 303 g/mol. The monoisotopic (exact) mass is 302 g/mol. The molecule has 0 aliphatic heterocycles. The molecule has 14 heavy (non-hydrogen) atoms. The molecule has 0 rings (SSSR count). The minimum Gasteiger partial charge on any atom is -0.412 e. The van der Waals surface area contributed by atoms with Gasteiger partial charge in [0.05, 0.1) is 0 Å². The highest BCUT2D eigenvalue weighted by Gasteiger charge is 2.00. The predicted octanol–water partition coefficient (Wildman–Crippen LogP) is -5.31. The summed E-state index contributed by atoms with van der Waals surface area (Å²) in [6, 6.07) is 0. The molecule has 0 fully saturated rings. The van der Waals surface area contributed by atoms with E-state index >= 15 is 0 Å². The first-order valence-corrected chi connectivity index (χ1v) is 6.67. The second kappa shape index (κ2) is 48.0. The Hall–Kier alpha value is 1.11. The van der Waals surface area contributed by atoms with Crippen LogP contribution in [0.1, 0.15) is 0 Å². The smallest absolute Gasteiger partial charge is 0.412 e. The standard InChI is InChI=1S/Al.BH3O3.3ClH.6H2O/c;2-1(3)4;;;;;;;;;/h;2-4H;3*1H;6*1H2/q+3;;;;;;;;;;/p-3. The van der Waals surface area contributed by atoms with Gasteiger partial charge in [-0.05, 0) is 0 Å². The Labute approximate surface area is 96.9 Å². The molecule has 0 aliphatic rings. The van der Waals surface area contributed by atoms with Crippen molar-refractivity contribution in [3.8, 4) is 0 Å². The summed E-state index contributed by atoms with van der Waals surface area (Å²) in [4.78, 5) is 0. The van der Waals surface area contributed by atoms with Gasteiger partial charge < -0.3 is 47.9 Å². The second-order valence-corrected chi connectivity index (χ2v) is 7.03. The lowest BCUT2D eigenvalue weighted by atomic mass is 10.3. The molecule has 0 saturated heterocycles. The van der Waals surface area contributed by atoms with Crippen LogP contribution >= 0.6 is 30.1 Å². The van der Waals surface area contributed by atoms with Crippen molar-refractivity contribution in [2.24, 2.45) is 0 Å². The van der Waals surface area contributed by atoms with Gasteiger partial charge in [0.15, 0.2) is 0 Å². The molecule has 15 N–H and O–H groups in total. The maximum Gasteiger partial charge on any atom is 0.643 e. The van der Waals surface area contributed by atoms with E-state index in [1.807, 2.05) is 0 Å². The Morgan fingerprint density at radius 3 is 0.643 bits per heavy atom. The highest BCUT2D eigenvalue weighted by molar-refractivity contribution is 7.54. The molecule has 0 aliphatic carbocycles. The first-order valence-electron chi connectivity index (χ1n) is 1.43. The molecule has 0 bridgehead atoms. The number of halogens is 3. The third kappa shape index (κ3) is 1570. The van der Waals surface area contributed by atoms with Gasteiger partial charge in [0, 0.05) is 0 Å². The third-order valence-corrected chi connectivity index (χ3v) is 0. The summed E-state index contributed by atoms with van der Waals surface area (Å²) in [6.07, 6.45) is 0. The summed E-state index contributed by atoms with van der Waals surface area (Å²) in [5, 5.41) is 21.5. The molecule has 0 atom stereocenters. The van der Waals surface area contributed by atoms with E-state index in [2.05, 4.69) is 0 Å². The van der Waals surface area contributed by atoms with Gasteiger partial charge >= 0.3 is 18.7 Å². The van der Waals surface area contributed by atoms with Crippen molar-refractivity contribution in [2.75, 3.05) is 0 Å². The van der Waals surface area contributed by atoms with Crippen LogP contribution < -0.4 is 0 Å². The maximum absolute atomic E-state index is 7.17. The summed E-state index contributed by atoms with van der Waals surface area (Å²) < 4.78 is 0. The largest absolute Gasteiger partial charge is 0.643 e. The van der Waals surface area contributed by atoms with Gasteiger partial charge in [-0.2, -0.15) is 0 Å². The minimum atomic E-state index is -2.17. The number of rotatable bonds is 0. The SMILES string of the molecule is O.O.O.O.O.O.OB(O)O.[Cl][Al]([Cl])[Cl]. The molecule has 0 heterocycles. The zero-order chi connectivity index (χ0) is 7.15. The van der Waals surface area contributed by atoms with E-state index in [-0.39, 0.29) is 32.9 Å². The van der Waals surface area contributed by atoms with E-state index in [0.29, 0.717) is 0 Å². The van der Waals surface area contributed by atoms with Crippen molar-refractivity contribution in [1.82, 2.24) is 0 Å². The highest BCUT2D eigenvalue weighted by atomic mass is 35.8. The Kier molecular flexibility index (Phi) is 204. The molecule has 0 aromatic rings. The van der Waals surface area contributed by atoms with Gasteiger partial charge in [-0.1, -0.05) is 0 Å². The topological polar surface area (TPSA) is 250 Å². The number of hydrogen-bond donors (Lipinski definition) is 3. The van der Waals surface area contributed by atoms with Crippen molar-refractivity contribution in [2.45, 2.75) is 0 Å². The van der Waals surface area contributed by atoms with Gasteiger partial charge in [-0.15, -0.1) is 0 Å². The zero-order valence-corrected chi connectivity index (χ0v) is 10.1. The molecule has 96 valence electrons. The van der Waals surface area contributed by atoms with Crippen molar-refractivity contribution in [3.05, 3.63) is 0 Å². The van der Waals surface area contributed by atoms with Gasteiger partial charge in [0.25, 0.3) is 0 Å². The first-order chi connectivity index (χ1) is 3.46. The quantitative estimate of drug-likeness (QED) is 0.371. The minimum absolute atomic E-state index is 0. The van der Waals surface area contributed by atoms with Crippen molar-refractivity contribution < 1.29 is 47.9 Å². The van der Waals surface area contributed by atoms with Gasteiger partial charge in [0.2, 0.25) is 0 Å². The molecule has 0 aromatic carbocycles. The molecule has 0 radical (unpaired) electrons. The van der Waals surface area contributed by atoms with Gasteiger partial charge in [-0.3, -0.25) is 0 Å². The molecule has 0 unspecified atom stereocenters. The van der Waals surface area contributed by atoms with Gasteiger partial charge in [-0.25, -0.2) is 30.1 Å². The molecule has 0 saturated carbocycles. The van der Waals surface area contributed by atoms with Crippen LogP contribution in [0.15, 0.2) is 0 Å². The Morgan fingerprint density at radius 2 is 0.643 bits per heavy atom. The van der Waals surface area contributed by atoms with Crippen molar-refractivity contribution in [1.29, 1.82) is 0 Å². The molecular formula is H15AlBCl3O9. The van der Waals surface area contributed by atoms with E-state index in [9.17, 15) is 0 Å². The van der Waals surface area contributed by atoms with E-state index in [1.54, 1.807) is 0 Å². The fourth-order valence-corrected chi connectivity index (χ4v) is 0. The van der Waals surface area contributed by atoms with Crippen LogP contribution in [-0.2, 0) is 0 Å². The Morgan fingerprint density at radius 1 is 0.643 bits per heavy atom. The molecule has 9 nitrogen and oxygen atoms in total. The van der Waals surface area contributed by atoms with Crippen LogP contribution in [0.4, 0.5) is 0 Å². The van der Waals surface area contributed by atoms with Gasteiger partial charge in [0.1, 0.15) is 0 Å². The molecular weight excluding hydrogens is 288 g/mol. The third-order valence-electron chi connectivity index (χ3n) is 0. The lowest BCUT2D eigenvalue weighted by Crippen LogP contribution is -2.07. The highest BCUT2D eigenvalue weighted by Crippen LogP contribution is 1.97. The maximum atomic E-state index is 7.17. The van der Waals surface area contributed by atoms with Crippen LogP contribution in [0.3, 0.4) is 0 Å². The van der Waals surface area contributed by atoms with Crippen LogP contribution in [0.5, 0.6) is 0 Å². The van der Waals surface area contributed by atoms with E-state index in [0.717, 1.165) is 0 Å². The Bertz CT molecular complexity index is 35.5. The lowest BCUT2D eigenvalue weighted by Gasteiger charge is -1.69. The van der Waals surface area contributed by atoms with Crippen LogP contribution in [0, 0.1) is 0 Å².